The molecule has 37 heavy (non-hydrogen) atoms. The Kier molecular flexibility index (Phi) is 6.96. The number of ether oxygens (including phenoxy) is 2. The van der Waals surface area contributed by atoms with Gasteiger partial charge in [-0.2, -0.15) is 0 Å². The third kappa shape index (κ3) is 4.83. The first-order valence-electron chi connectivity index (χ1n) is 11.8. The summed E-state index contributed by atoms with van der Waals surface area (Å²) in [5, 5.41) is 3.03. The predicted octanol–water partition coefficient (Wildman–Crippen LogP) is 4.79. The lowest BCUT2D eigenvalue weighted by Gasteiger charge is -2.27. The van der Waals surface area contributed by atoms with Gasteiger partial charge in [0.05, 0.1) is 17.1 Å². The lowest BCUT2D eigenvalue weighted by Crippen LogP contribution is -2.34. The molecule has 2 amide bonds. The number of carbonyl (C=O) groups is 2. The molecule has 3 aromatic rings. The van der Waals surface area contributed by atoms with Crippen molar-refractivity contribution in [1.82, 2.24) is 19.4 Å². The third-order valence-electron chi connectivity index (χ3n) is 6.41. The molecule has 0 radical (unpaired) electrons. The fourth-order valence-electron chi connectivity index (χ4n) is 4.70. The van der Waals surface area contributed by atoms with Crippen molar-refractivity contribution < 1.29 is 27.8 Å². The average Bonchev–Trinajstić information content (AvgIpc) is 3.08. The smallest absolute Gasteiger partial charge is 0.280 e. The molecule has 0 saturated carbocycles. The summed E-state index contributed by atoms with van der Waals surface area (Å²) in [5.74, 6) is 0.145. The number of anilines is 1. The van der Waals surface area contributed by atoms with Crippen molar-refractivity contribution >= 4 is 40.4 Å². The number of imidazole rings is 1. The Morgan fingerprint density at radius 1 is 1.24 bits per heavy atom. The second kappa shape index (κ2) is 10.3. The summed E-state index contributed by atoms with van der Waals surface area (Å²) in [5.41, 5.74) is 0.472. The molecule has 2 aliphatic heterocycles. The highest BCUT2D eigenvalue weighted by Gasteiger charge is 2.30. The number of nitrogens with zero attached hydrogens (tertiary/aromatic N) is 4. The second-order valence-corrected chi connectivity index (χ2v) is 9.13. The van der Waals surface area contributed by atoms with E-state index in [0.717, 1.165) is 25.1 Å². The molecule has 1 atom stereocenters. The molecule has 2 aromatic heterocycles. The number of pyridine rings is 1. The zero-order valence-electron chi connectivity index (χ0n) is 19.8. The zero-order valence-corrected chi connectivity index (χ0v) is 20.5. The zero-order chi connectivity index (χ0) is 26.1. The van der Waals surface area contributed by atoms with Gasteiger partial charge in [0.15, 0.2) is 11.5 Å². The van der Waals surface area contributed by atoms with Crippen LogP contribution in [0.3, 0.4) is 0 Å². The normalized spacial score (nSPS) is 17.5. The molecule has 1 saturated heterocycles. The van der Waals surface area contributed by atoms with Crippen LogP contribution in [0.15, 0.2) is 37.1 Å². The van der Waals surface area contributed by atoms with Crippen LogP contribution in [0.4, 0.5) is 14.7 Å². The highest BCUT2D eigenvalue weighted by molar-refractivity contribution is 6.37. The summed E-state index contributed by atoms with van der Waals surface area (Å²) in [6.07, 6.45) is 1.92. The van der Waals surface area contributed by atoms with E-state index in [2.05, 4.69) is 21.9 Å². The molecular weight excluding hydrogens is 508 g/mol. The minimum Gasteiger partial charge on any atom is -0.486 e. The largest absolute Gasteiger partial charge is 0.486 e. The number of halogens is 3. The molecule has 4 heterocycles. The Hall–Kier alpha value is -3.73. The molecule has 0 aliphatic carbocycles. The number of hydrogen-bond acceptors (Lipinski definition) is 6. The quantitative estimate of drug-likeness (QED) is 0.476. The molecule has 2 aliphatic rings. The van der Waals surface area contributed by atoms with Crippen molar-refractivity contribution in [2.75, 3.05) is 31.6 Å². The van der Waals surface area contributed by atoms with Crippen LogP contribution in [0.1, 0.15) is 47.8 Å². The van der Waals surface area contributed by atoms with Crippen molar-refractivity contribution in [3.8, 4) is 11.5 Å². The van der Waals surface area contributed by atoms with Gasteiger partial charge in [0.1, 0.15) is 23.9 Å². The summed E-state index contributed by atoms with van der Waals surface area (Å²) in [7, 11) is 0. The Bertz CT molecular complexity index is 1380. The van der Waals surface area contributed by atoms with Gasteiger partial charge < -0.3 is 18.9 Å². The van der Waals surface area contributed by atoms with E-state index in [1.807, 2.05) is 0 Å². The van der Waals surface area contributed by atoms with Gasteiger partial charge in [-0.25, -0.2) is 13.8 Å². The van der Waals surface area contributed by atoms with Gasteiger partial charge in [0.2, 0.25) is 11.9 Å². The van der Waals surface area contributed by atoms with Crippen molar-refractivity contribution in [1.29, 1.82) is 0 Å². The maximum absolute atomic E-state index is 13.2. The van der Waals surface area contributed by atoms with Gasteiger partial charge in [-0.15, -0.1) is 0 Å². The number of hydrogen-bond donors (Lipinski definition) is 1. The number of aromatic nitrogens is 3. The molecule has 1 unspecified atom stereocenters. The van der Waals surface area contributed by atoms with Crippen LogP contribution in [0.2, 0.25) is 5.02 Å². The highest BCUT2D eigenvalue weighted by atomic mass is 35.5. The maximum Gasteiger partial charge on any atom is 0.280 e. The number of alkyl halides is 2. The van der Waals surface area contributed by atoms with Gasteiger partial charge in [-0.1, -0.05) is 18.2 Å². The van der Waals surface area contributed by atoms with Gasteiger partial charge in [-0.3, -0.25) is 19.9 Å². The molecule has 1 N–H and O–H groups in total. The number of amides is 2. The van der Waals surface area contributed by atoms with E-state index in [1.54, 1.807) is 15.5 Å². The number of benzene rings is 1. The SMILES string of the molecule is C=CC(=O)N1CCCCC(n2c(NC(=O)c3ccnc(C(F)F)c3)nc3cc4c(c(Cl)c32)OCCO4)C1. The van der Waals surface area contributed by atoms with Gasteiger partial charge in [-0.05, 0) is 37.5 Å². The summed E-state index contributed by atoms with van der Waals surface area (Å²) in [6.45, 7) is 5.20. The van der Waals surface area contributed by atoms with Crippen molar-refractivity contribution in [3.63, 3.8) is 0 Å². The fraction of sp³-hybridized carbons (Fsp3) is 0.360. The van der Waals surface area contributed by atoms with Crippen molar-refractivity contribution in [2.24, 2.45) is 0 Å². The second-order valence-electron chi connectivity index (χ2n) is 8.75. The number of carbonyl (C=O) groups excluding carboxylic acids is 2. The first-order valence-corrected chi connectivity index (χ1v) is 12.2. The topological polar surface area (TPSA) is 98.6 Å². The van der Waals surface area contributed by atoms with Crippen LogP contribution < -0.4 is 14.8 Å². The molecule has 1 fully saturated rings. The van der Waals surface area contributed by atoms with Crippen LogP contribution >= 0.6 is 11.6 Å². The van der Waals surface area contributed by atoms with Crippen LogP contribution in [-0.4, -0.2) is 57.6 Å². The van der Waals surface area contributed by atoms with Gasteiger partial charge in [0.25, 0.3) is 12.3 Å². The van der Waals surface area contributed by atoms with Crippen LogP contribution in [0, 0.1) is 0 Å². The molecule has 0 bridgehead atoms. The Morgan fingerprint density at radius 2 is 2.05 bits per heavy atom. The van der Waals surface area contributed by atoms with Crippen LogP contribution in [0.25, 0.3) is 11.0 Å². The summed E-state index contributed by atoms with van der Waals surface area (Å²) in [4.78, 5) is 35.5. The first kappa shape index (κ1) is 24.9. The molecule has 12 heteroatoms. The highest BCUT2D eigenvalue weighted by Crippen LogP contribution is 2.45. The summed E-state index contributed by atoms with van der Waals surface area (Å²) >= 11 is 6.81. The van der Waals surface area contributed by atoms with E-state index < -0.39 is 18.0 Å². The number of likely N-dealkylation sites (tertiary alicyclic amines) is 1. The fourth-order valence-corrected chi connectivity index (χ4v) is 5.03. The Morgan fingerprint density at radius 3 is 2.84 bits per heavy atom. The van der Waals surface area contributed by atoms with Crippen molar-refractivity contribution in [2.45, 2.75) is 31.7 Å². The van der Waals surface area contributed by atoms with E-state index in [4.69, 9.17) is 21.1 Å². The molecule has 1 aromatic carbocycles. The number of rotatable bonds is 5. The number of nitrogens with one attached hydrogen (secondary N) is 1. The standard InChI is InChI=1S/C25H24ClF2N5O4/c1-2-19(34)32-8-4-3-5-15(13-32)33-21-16(12-18-22(20(21)26)37-10-9-36-18)30-25(33)31-24(35)14-6-7-29-17(11-14)23(27)28/h2,6-7,11-12,15,23H,1,3-5,8-10,13H2,(H,30,31,35). The van der Waals surface area contributed by atoms with Crippen LogP contribution in [-0.2, 0) is 4.79 Å². The van der Waals surface area contributed by atoms with E-state index in [-0.39, 0.29) is 28.5 Å². The van der Waals surface area contributed by atoms with Crippen LogP contribution in [0.5, 0.6) is 11.5 Å². The number of fused-ring (bicyclic) bond motifs is 2. The molecular formula is C25H24ClF2N5O4. The minimum absolute atomic E-state index is 0.00490. The van der Waals surface area contributed by atoms with Gasteiger partial charge in [0, 0.05) is 30.9 Å². The van der Waals surface area contributed by atoms with E-state index in [9.17, 15) is 18.4 Å². The predicted molar refractivity (Wildman–Crippen MR) is 133 cm³/mol. The molecule has 194 valence electrons. The van der Waals surface area contributed by atoms with Gasteiger partial charge >= 0.3 is 0 Å². The lowest BCUT2D eigenvalue weighted by atomic mass is 10.1. The molecule has 9 nitrogen and oxygen atoms in total. The van der Waals surface area contributed by atoms with E-state index in [0.29, 0.717) is 55.3 Å². The molecule has 5 rings (SSSR count). The third-order valence-corrected chi connectivity index (χ3v) is 6.77. The maximum atomic E-state index is 13.2. The first-order chi connectivity index (χ1) is 17.9. The Labute approximate surface area is 216 Å². The summed E-state index contributed by atoms with van der Waals surface area (Å²) < 4.78 is 39.6. The minimum atomic E-state index is -2.82. The molecule has 0 spiro atoms. The average molecular weight is 532 g/mol. The lowest BCUT2D eigenvalue weighted by molar-refractivity contribution is -0.126. The van der Waals surface area contributed by atoms with E-state index in [1.165, 1.54) is 12.1 Å². The monoisotopic (exact) mass is 531 g/mol. The summed E-state index contributed by atoms with van der Waals surface area (Å²) in [6, 6.07) is 3.78. The van der Waals surface area contributed by atoms with Crippen molar-refractivity contribution in [3.05, 3.63) is 53.3 Å². The van der Waals surface area contributed by atoms with E-state index >= 15 is 0 Å². The Balaban J connectivity index is 1.61.